The predicted octanol–water partition coefficient (Wildman–Crippen LogP) is 2.35. The molecule has 0 aliphatic carbocycles. The van der Waals surface area contributed by atoms with Crippen molar-refractivity contribution in [2.45, 2.75) is 20.8 Å². The molecule has 0 atom stereocenters. The summed E-state index contributed by atoms with van der Waals surface area (Å²) in [5.41, 5.74) is -0.188. The summed E-state index contributed by atoms with van der Waals surface area (Å²) < 4.78 is 20.5. The molecule has 0 aliphatic rings. The van der Waals surface area contributed by atoms with Gasteiger partial charge in [-0.25, -0.2) is 0 Å². The van der Waals surface area contributed by atoms with Gasteiger partial charge < -0.3 is 18.9 Å². The van der Waals surface area contributed by atoms with Gasteiger partial charge in [0.15, 0.2) is 5.78 Å². The molecule has 5 heteroatoms. The maximum atomic E-state index is 10.1. The minimum atomic E-state index is -0.188. The molecule has 0 saturated heterocycles. The topological polar surface area (TPSA) is 54.0 Å². The second-order valence-corrected chi connectivity index (χ2v) is 4.26. The van der Waals surface area contributed by atoms with Gasteiger partial charge in [0.05, 0.1) is 31.8 Å². The molecule has 0 aromatic rings. The lowest BCUT2D eigenvalue weighted by Crippen LogP contribution is -2.40. The van der Waals surface area contributed by atoms with Crippen molar-refractivity contribution >= 4 is 5.78 Å². The van der Waals surface area contributed by atoms with E-state index in [4.69, 9.17) is 18.9 Å². The van der Waals surface area contributed by atoms with Crippen LogP contribution in [0, 0.1) is 5.41 Å². The fourth-order valence-electron chi connectivity index (χ4n) is 1.62. The largest absolute Gasteiger partial charge is 0.384 e. The van der Waals surface area contributed by atoms with Crippen LogP contribution in [-0.2, 0) is 23.7 Å². The Balaban J connectivity index is -0.000000352. The highest BCUT2D eigenvalue weighted by Gasteiger charge is 2.30. The molecule has 0 radical (unpaired) electrons. The van der Waals surface area contributed by atoms with E-state index in [0.29, 0.717) is 32.8 Å². The molecule has 0 rings (SSSR count). The Morgan fingerprint density at radius 2 is 1.25 bits per heavy atom. The highest BCUT2D eigenvalue weighted by molar-refractivity contribution is 5.88. The standard InChI is InChI=1S/C9H20O4.C5H8O.CH4/c1-10-5-9(6-11-2,7-12-3)8-13-4;1-3-5(6)4-2;/h5-8H2,1-4H3;3H,1,4H2,2H3;1H4. The first kappa shape index (κ1) is 24.3. The minimum Gasteiger partial charge on any atom is -0.384 e. The molecule has 0 amide bonds. The van der Waals surface area contributed by atoms with E-state index >= 15 is 0 Å². The number of ketones is 1. The Morgan fingerprint density at radius 1 is 0.950 bits per heavy atom. The summed E-state index contributed by atoms with van der Waals surface area (Å²) in [6, 6.07) is 0. The third-order valence-corrected chi connectivity index (χ3v) is 2.38. The van der Waals surface area contributed by atoms with Gasteiger partial charge >= 0.3 is 0 Å². The van der Waals surface area contributed by atoms with E-state index in [9.17, 15) is 4.79 Å². The van der Waals surface area contributed by atoms with Crippen molar-refractivity contribution in [3.8, 4) is 0 Å². The molecule has 20 heavy (non-hydrogen) atoms. The molecule has 0 heterocycles. The SMILES string of the molecule is C.C=CC(=O)CC.COCC(COC)(COC)COC. The van der Waals surface area contributed by atoms with Gasteiger partial charge in [-0.3, -0.25) is 4.79 Å². The molecule has 0 spiro atoms. The molecule has 0 unspecified atom stereocenters. The van der Waals surface area contributed by atoms with E-state index in [1.807, 2.05) is 6.92 Å². The second-order valence-electron chi connectivity index (χ2n) is 4.26. The van der Waals surface area contributed by atoms with Gasteiger partial charge in [0, 0.05) is 34.9 Å². The molecule has 0 aromatic carbocycles. The van der Waals surface area contributed by atoms with Crippen LogP contribution in [0.15, 0.2) is 12.7 Å². The van der Waals surface area contributed by atoms with Crippen LogP contribution in [0.1, 0.15) is 20.8 Å². The van der Waals surface area contributed by atoms with E-state index in [2.05, 4.69) is 6.58 Å². The van der Waals surface area contributed by atoms with Crippen molar-refractivity contribution in [1.29, 1.82) is 0 Å². The summed E-state index contributed by atoms with van der Waals surface area (Å²) in [5.74, 6) is 0.106. The number of hydrogen-bond acceptors (Lipinski definition) is 5. The fourth-order valence-corrected chi connectivity index (χ4v) is 1.62. The minimum absolute atomic E-state index is 0. The molecule has 0 bridgehead atoms. The van der Waals surface area contributed by atoms with Gasteiger partial charge in [-0.05, 0) is 6.08 Å². The van der Waals surface area contributed by atoms with Crippen molar-refractivity contribution < 1.29 is 23.7 Å². The number of carbonyl (C=O) groups is 1. The Bertz CT molecular complexity index is 199. The number of ether oxygens (including phenoxy) is 4. The summed E-state index contributed by atoms with van der Waals surface area (Å²) in [5, 5.41) is 0. The number of hydrogen-bond donors (Lipinski definition) is 0. The maximum absolute atomic E-state index is 10.1. The average molecular weight is 292 g/mol. The number of rotatable bonds is 10. The number of methoxy groups -OCH3 is 4. The van der Waals surface area contributed by atoms with Crippen molar-refractivity contribution in [3.63, 3.8) is 0 Å². The van der Waals surface area contributed by atoms with Gasteiger partial charge in [-0.2, -0.15) is 0 Å². The van der Waals surface area contributed by atoms with Gasteiger partial charge in [0.25, 0.3) is 0 Å². The fraction of sp³-hybridized carbons (Fsp3) is 0.800. The van der Waals surface area contributed by atoms with Crippen molar-refractivity contribution in [2.75, 3.05) is 54.9 Å². The van der Waals surface area contributed by atoms with E-state index in [1.165, 1.54) is 6.08 Å². The summed E-state index contributed by atoms with van der Waals surface area (Å²) >= 11 is 0. The van der Waals surface area contributed by atoms with Gasteiger partial charge in [0.2, 0.25) is 0 Å². The smallest absolute Gasteiger partial charge is 0.154 e. The van der Waals surface area contributed by atoms with E-state index in [1.54, 1.807) is 28.4 Å². The van der Waals surface area contributed by atoms with Gasteiger partial charge in [-0.15, -0.1) is 0 Å². The Kier molecular flexibility index (Phi) is 19.8. The zero-order valence-corrected chi connectivity index (χ0v) is 12.9. The van der Waals surface area contributed by atoms with Crippen molar-refractivity contribution in [2.24, 2.45) is 5.41 Å². The van der Waals surface area contributed by atoms with Crippen LogP contribution in [-0.4, -0.2) is 60.6 Å². The third kappa shape index (κ3) is 12.3. The third-order valence-electron chi connectivity index (χ3n) is 2.38. The maximum Gasteiger partial charge on any atom is 0.154 e. The van der Waals surface area contributed by atoms with Crippen LogP contribution >= 0.6 is 0 Å². The lowest BCUT2D eigenvalue weighted by Gasteiger charge is -2.30. The van der Waals surface area contributed by atoms with Crippen LogP contribution in [0.3, 0.4) is 0 Å². The summed E-state index contributed by atoms with van der Waals surface area (Å²) in [6.07, 6.45) is 1.91. The Labute approximate surface area is 124 Å². The first-order chi connectivity index (χ1) is 9.05. The molecule has 0 N–H and O–H groups in total. The molecule has 5 nitrogen and oxygen atoms in total. The van der Waals surface area contributed by atoms with E-state index < -0.39 is 0 Å². The zero-order chi connectivity index (χ0) is 15.1. The van der Waals surface area contributed by atoms with Gasteiger partial charge in [-0.1, -0.05) is 20.9 Å². The van der Waals surface area contributed by atoms with Crippen molar-refractivity contribution in [3.05, 3.63) is 12.7 Å². The molecular weight excluding hydrogens is 260 g/mol. The molecular formula is C15H32O5. The van der Waals surface area contributed by atoms with Crippen LogP contribution in [0.4, 0.5) is 0 Å². The monoisotopic (exact) mass is 292 g/mol. The summed E-state index contributed by atoms with van der Waals surface area (Å²) in [6.45, 7) is 7.38. The molecule has 0 fully saturated rings. The lowest BCUT2D eigenvalue weighted by atomic mass is 9.92. The quantitative estimate of drug-likeness (QED) is 0.579. The van der Waals surface area contributed by atoms with Crippen molar-refractivity contribution in [1.82, 2.24) is 0 Å². The Morgan fingerprint density at radius 3 is 1.35 bits per heavy atom. The highest BCUT2D eigenvalue weighted by atomic mass is 16.5. The molecule has 0 aliphatic heterocycles. The Hall–Kier alpha value is -0.750. The number of carbonyl (C=O) groups excluding carboxylic acids is 1. The highest BCUT2D eigenvalue weighted by Crippen LogP contribution is 2.19. The van der Waals surface area contributed by atoms with Crippen LogP contribution in [0.25, 0.3) is 0 Å². The summed E-state index contributed by atoms with van der Waals surface area (Å²) in [7, 11) is 6.65. The summed E-state index contributed by atoms with van der Waals surface area (Å²) in [4.78, 5) is 10.1. The molecule has 0 saturated carbocycles. The van der Waals surface area contributed by atoms with E-state index in [-0.39, 0.29) is 18.6 Å². The normalized spacial score (nSPS) is 10.1. The number of allylic oxidation sites excluding steroid dienone is 1. The second kappa shape index (κ2) is 16.3. The van der Waals surface area contributed by atoms with E-state index in [0.717, 1.165) is 0 Å². The lowest BCUT2D eigenvalue weighted by molar-refractivity contribution is -0.114. The molecule has 0 aromatic heterocycles. The average Bonchev–Trinajstić information content (AvgIpc) is 2.40. The first-order valence-electron chi connectivity index (χ1n) is 6.16. The first-order valence-corrected chi connectivity index (χ1v) is 6.16. The van der Waals surface area contributed by atoms with Crippen LogP contribution in [0.2, 0.25) is 0 Å². The molecule has 122 valence electrons. The van der Waals surface area contributed by atoms with Gasteiger partial charge in [0.1, 0.15) is 0 Å². The van der Waals surface area contributed by atoms with Crippen LogP contribution in [0.5, 0.6) is 0 Å². The predicted molar refractivity (Wildman–Crippen MR) is 82.2 cm³/mol. The van der Waals surface area contributed by atoms with Crippen LogP contribution < -0.4 is 0 Å². The zero-order valence-electron chi connectivity index (χ0n) is 12.9.